The highest BCUT2D eigenvalue weighted by molar-refractivity contribution is 9.10. The zero-order chi connectivity index (χ0) is 14.8. The fourth-order valence-corrected chi connectivity index (χ4v) is 2.90. The van der Waals surface area contributed by atoms with Gasteiger partial charge in [0.2, 0.25) is 0 Å². The van der Waals surface area contributed by atoms with Crippen molar-refractivity contribution in [2.24, 2.45) is 0 Å². The lowest BCUT2D eigenvalue weighted by atomic mass is 9.87. The van der Waals surface area contributed by atoms with Crippen LogP contribution in [0.25, 0.3) is 0 Å². The topological polar surface area (TPSA) is 29.5 Å². The van der Waals surface area contributed by atoms with Crippen LogP contribution in [0.5, 0.6) is 5.75 Å². The van der Waals surface area contributed by atoms with Crippen molar-refractivity contribution in [3.05, 3.63) is 64.1 Å². The third-order valence-corrected chi connectivity index (χ3v) is 3.86. The molecule has 0 aliphatic rings. The highest BCUT2D eigenvalue weighted by atomic mass is 79.9. The summed E-state index contributed by atoms with van der Waals surface area (Å²) in [6.07, 6.45) is 0.0613. The fourth-order valence-electron chi connectivity index (χ4n) is 2.23. The first-order valence-electron chi connectivity index (χ1n) is 6.66. The number of ether oxygens (including phenoxy) is 1. The molecule has 1 unspecified atom stereocenters. The summed E-state index contributed by atoms with van der Waals surface area (Å²) < 4.78 is 6.70. The zero-order valence-electron chi connectivity index (χ0n) is 11.9. The van der Waals surface area contributed by atoms with Gasteiger partial charge in [0.05, 0.1) is 6.10 Å². The van der Waals surface area contributed by atoms with Gasteiger partial charge in [0, 0.05) is 15.6 Å². The molecule has 20 heavy (non-hydrogen) atoms. The average molecular weight is 335 g/mol. The van der Waals surface area contributed by atoms with E-state index in [9.17, 15) is 5.11 Å². The fraction of sp³-hybridized carbons (Fsp3) is 0.294. The van der Waals surface area contributed by atoms with Crippen molar-refractivity contribution in [2.45, 2.75) is 32.5 Å². The van der Waals surface area contributed by atoms with Crippen LogP contribution in [0.2, 0.25) is 0 Å². The van der Waals surface area contributed by atoms with Crippen molar-refractivity contribution in [2.75, 3.05) is 0 Å². The standard InChI is InChI=1S/C17H19BrO2/c1-12(2)20-16-11-7-5-9-14(16)17(3,19)13-8-4-6-10-15(13)18/h4-12,19H,1-3H3. The van der Waals surface area contributed by atoms with E-state index in [2.05, 4.69) is 15.9 Å². The quantitative estimate of drug-likeness (QED) is 0.892. The largest absolute Gasteiger partial charge is 0.491 e. The highest BCUT2D eigenvalue weighted by Crippen LogP contribution is 2.38. The number of hydrogen-bond donors (Lipinski definition) is 1. The molecular weight excluding hydrogens is 316 g/mol. The van der Waals surface area contributed by atoms with Gasteiger partial charge in [-0.05, 0) is 32.9 Å². The van der Waals surface area contributed by atoms with Crippen molar-refractivity contribution < 1.29 is 9.84 Å². The first-order valence-corrected chi connectivity index (χ1v) is 7.45. The summed E-state index contributed by atoms with van der Waals surface area (Å²) in [5.41, 5.74) is 0.464. The molecule has 1 atom stereocenters. The maximum absolute atomic E-state index is 11.0. The third-order valence-electron chi connectivity index (χ3n) is 3.17. The number of halogens is 1. The molecule has 2 aromatic carbocycles. The van der Waals surface area contributed by atoms with Crippen molar-refractivity contribution in [1.82, 2.24) is 0 Å². The Labute approximate surface area is 128 Å². The van der Waals surface area contributed by atoms with Crippen LogP contribution in [0.4, 0.5) is 0 Å². The molecule has 0 aliphatic heterocycles. The lowest BCUT2D eigenvalue weighted by Crippen LogP contribution is -2.25. The number of rotatable bonds is 4. The molecule has 1 N–H and O–H groups in total. The molecule has 0 spiro atoms. The van der Waals surface area contributed by atoms with E-state index in [0.29, 0.717) is 5.75 Å². The van der Waals surface area contributed by atoms with E-state index in [-0.39, 0.29) is 6.10 Å². The molecular formula is C17H19BrO2. The Kier molecular flexibility index (Phi) is 4.51. The van der Waals surface area contributed by atoms with Crippen LogP contribution in [0, 0.1) is 0 Å². The summed E-state index contributed by atoms with van der Waals surface area (Å²) >= 11 is 3.50. The monoisotopic (exact) mass is 334 g/mol. The van der Waals surface area contributed by atoms with Crippen molar-refractivity contribution >= 4 is 15.9 Å². The lowest BCUT2D eigenvalue weighted by Gasteiger charge is -2.28. The third kappa shape index (κ3) is 3.05. The van der Waals surface area contributed by atoms with Crippen LogP contribution in [-0.4, -0.2) is 11.2 Å². The van der Waals surface area contributed by atoms with Crippen molar-refractivity contribution in [3.63, 3.8) is 0 Å². The second-order valence-corrected chi connectivity index (χ2v) is 6.07. The summed E-state index contributed by atoms with van der Waals surface area (Å²) in [6, 6.07) is 15.3. The first kappa shape index (κ1) is 15.1. The molecule has 0 radical (unpaired) electrons. The summed E-state index contributed by atoms with van der Waals surface area (Å²) in [4.78, 5) is 0. The van der Waals surface area contributed by atoms with E-state index in [1.54, 1.807) is 6.92 Å². The number of aliphatic hydroxyl groups is 1. The summed E-state index contributed by atoms with van der Waals surface area (Å²) in [5.74, 6) is 0.711. The van der Waals surface area contributed by atoms with Crippen molar-refractivity contribution in [3.8, 4) is 5.75 Å². The average Bonchev–Trinajstić information content (AvgIpc) is 2.38. The molecule has 2 rings (SSSR count). The molecule has 0 saturated heterocycles. The van der Waals surface area contributed by atoms with Gasteiger partial charge in [-0.3, -0.25) is 0 Å². The lowest BCUT2D eigenvalue weighted by molar-refractivity contribution is 0.0951. The molecule has 106 valence electrons. The number of benzene rings is 2. The van der Waals surface area contributed by atoms with Crippen LogP contribution in [0.3, 0.4) is 0 Å². The molecule has 3 heteroatoms. The maximum atomic E-state index is 11.0. The number of para-hydroxylation sites is 1. The van der Waals surface area contributed by atoms with Gasteiger partial charge < -0.3 is 9.84 Å². The van der Waals surface area contributed by atoms with Crippen molar-refractivity contribution in [1.29, 1.82) is 0 Å². The molecule has 0 fully saturated rings. The van der Waals surface area contributed by atoms with Crippen LogP contribution >= 0.6 is 15.9 Å². The molecule has 0 saturated carbocycles. The predicted octanol–water partition coefficient (Wildman–Crippen LogP) is 4.49. The van der Waals surface area contributed by atoms with Gasteiger partial charge in [0.1, 0.15) is 11.4 Å². The summed E-state index contributed by atoms with van der Waals surface area (Å²) in [5, 5.41) is 11.0. The minimum atomic E-state index is -1.12. The van der Waals surface area contributed by atoms with Gasteiger partial charge in [-0.15, -0.1) is 0 Å². The van der Waals surface area contributed by atoms with Crippen LogP contribution in [0.15, 0.2) is 53.0 Å². The smallest absolute Gasteiger partial charge is 0.126 e. The summed E-state index contributed by atoms with van der Waals surface area (Å²) in [6.45, 7) is 5.74. The minimum absolute atomic E-state index is 0.0613. The Bertz CT molecular complexity index is 591. The van der Waals surface area contributed by atoms with Gasteiger partial charge >= 0.3 is 0 Å². The Morgan fingerprint density at radius 1 is 1.00 bits per heavy atom. The summed E-state index contributed by atoms with van der Waals surface area (Å²) in [7, 11) is 0. The van der Waals surface area contributed by atoms with Gasteiger partial charge in [-0.1, -0.05) is 52.3 Å². The molecule has 2 nitrogen and oxygen atoms in total. The molecule has 0 bridgehead atoms. The van der Waals surface area contributed by atoms with Gasteiger partial charge in [0.15, 0.2) is 0 Å². The Balaban J connectivity index is 2.52. The Hall–Kier alpha value is -1.32. The molecule has 0 aliphatic carbocycles. The van der Waals surface area contributed by atoms with E-state index in [1.807, 2.05) is 62.4 Å². The SMILES string of the molecule is CC(C)Oc1ccccc1C(C)(O)c1ccccc1Br. The van der Waals surface area contributed by atoms with E-state index in [1.165, 1.54) is 0 Å². The van der Waals surface area contributed by atoms with E-state index in [4.69, 9.17) is 4.74 Å². The van der Waals surface area contributed by atoms with E-state index in [0.717, 1.165) is 15.6 Å². The molecule has 0 heterocycles. The molecule has 0 amide bonds. The normalized spacial score (nSPS) is 14.1. The predicted molar refractivity (Wildman–Crippen MR) is 85.0 cm³/mol. The Morgan fingerprint density at radius 2 is 1.55 bits per heavy atom. The number of hydrogen-bond acceptors (Lipinski definition) is 2. The maximum Gasteiger partial charge on any atom is 0.126 e. The van der Waals surface area contributed by atoms with Gasteiger partial charge in [-0.2, -0.15) is 0 Å². The minimum Gasteiger partial charge on any atom is -0.491 e. The first-order chi connectivity index (χ1) is 9.43. The van der Waals surface area contributed by atoms with Gasteiger partial charge in [0.25, 0.3) is 0 Å². The second kappa shape index (κ2) is 5.98. The zero-order valence-corrected chi connectivity index (χ0v) is 13.5. The molecule has 0 aromatic heterocycles. The highest BCUT2D eigenvalue weighted by Gasteiger charge is 2.30. The Morgan fingerprint density at radius 3 is 2.15 bits per heavy atom. The van der Waals surface area contributed by atoms with Crippen LogP contribution < -0.4 is 4.74 Å². The van der Waals surface area contributed by atoms with E-state index >= 15 is 0 Å². The van der Waals surface area contributed by atoms with Gasteiger partial charge in [-0.25, -0.2) is 0 Å². The molecule has 2 aromatic rings. The van der Waals surface area contributed by atoms with Crippen LogP contribution in [0.1, 0.15) is 31.9 Å². The van der Waals surface area contributed by atoms with Crippen LogP contribution in [-0.2, 0) is 5.60 Å². The second-order valence-electron chi connectivity index (χ2n) is 5.21. The van der Waals surface area contributed by atoms with E-state index < -0.39 is 5.60 Å².